The molecular formula is C20H16FN5O2. The summed E-state index contributed by atoms with van der Waals surface area (Å²) in [5.41, 5.74) is 2.75. The van der Waals surface area contributed by atoms with Gasteiger partial charge in [0.15, 0.2) is 12.3 Å². The van der Waals surface area contributed by atoms with Crippen molar-refractivity contribution in [3.8, 4) is 16.9 Å². The lowest BCUT2D eigenvalue weighted by molar-refractivity contribution is -0.118. The van der Waals surface area contributed by atoms with Gasteiger partial charge in [-0.15, -0.1) is 5.10 Å². The van der Waals surface area contributed by atoms with Gasteiger partial charge in [-0.05, 0) is 43.3 Å². The van der Waals surface area contributed by atoms with E-state index in [-0.39, 0.29) is 18.5 Å². The number of aromatic nitrogens is 4. The molecule has 1 aromatic carbocycles. The van der Waals surface area contributed by atoms with Crippen molar-refractivity contribution in [1.82, 2.24) is 19.6 Å². The van der Waals surface area contributed by atoms with Crippen LogP contribution in [0.3, 0.4) is 0 Å². The Bertz CT molecular complexity index is 1140. The summed E-state index contributed by atoms with van der Waals surface area (Å²) in [6.07, 6.45) is 1.75. The van der Waals surface area contributed by atoms with Crippen LogP contribution in [0.1, 0.15) is 5.69 Å². The number of fused-ring (bicyclic) bond motifs is 1. The van der Waals surface area contributed by atoms with Gasteiger partial charge in [-0.25, -0.2) is 9.50 Å². The Morgan fingerprint density at radius 2 is 1.93 bits per heavy atom. The van der Waals surface area contributed by atoms with Crippen LogP contribution < -0.4 is 10.1 Å². The lowest BCUT2D eigenvalue weighted by Gasteiger charge is -2.05. The van der Waals surface area contributed by atoms with Crippen molar-refractivity contribution < 1.29 is 13.9 Å². The molecule has 0 unspecified atom stereocenters. The van der Waals surface area contributed by atoms with Crippen LogP contribution in [0.2, 0.25) is 0 Å². The van der Waals surface area contributed by atoms with E-state index in [0.29, 0.717) is 17.1 Å². The first-order valence-electron chi connectivity index (χ1n) is 8.56. The van der Waals surface area contributed by atoms with Crippen LogP contribution in [0.4, 0.5) is 10.3 Å². The molecule has 0 aliphatic heterocycles. The first kappa shape index (κ1) is 17.6. The molecule has 1 N–H and O–H groups in total. The van der Waals surface area contributed by atoms with Crippen molar-refractivity contribution in [3.63, 3.8) is 0 Å². The van der Waals surface area contributed by atoms with Crippen molar-refractivity contribution in [3.05, 3.63) is 72.4 Å². The number of nitrogens with one attached hydrogen (secondary N) is 1. The van der Waals surface area contributed by atoms with Gasteiger partial charge >= 0.3 is 0 Å². The first-order chi connectivity index (χ1) is 13.6. The predicted molar refractivity (Wildman–Crippen MR) is 101 cm³/mol. The number of para-hydroxylation sites is 1. The SMILES string of the molecule is Cc1nc(F)ccc1-c1ccc2nc(NC(=O)COc3ccccc3)nn2c1. The monoisotopic (exact) mass is 377 g/mol. The molecule has 0 atom stereocenters. The topological polar surface area (TPSA) is 81.4 Å². The quantitative estimate of drug-likeness (QED) is 0.540. The van der Waals surface area contributed by atoms with E-state index in [0.717, 1.165) is 11.1 Å². The number of rotatable bonds is 5. The van der Waals surface area contributed by atoms with E-state index in [1.807, 2.05) is 24.3 Å². The molecule has 4 rings (SSSR count). The van der Waals surface area contributed by atoms with Crippen LogP contribution in [0.5, 0.6) is 5.75 Å². The van der Waals surface area contributed by atoms with Gasteiger partial charge in [0.05, 0.1) is 0 Å². The van der Waals surface area contributed by atoms with Crippen molar-refractivity contribution in [2.75, 3.05) is 11.9 Å². The van der Waals surface area contributed by atoms with E-state index < -0.39 is 5.95 Å². The Balaban J connectivity index is 1.49. The zero-order valence-electron chi connectivity index (χ0n) is 15.0. The second-order valence-corrected chi connectivity index (χ2v) is 6.07. The molecule has 140 valence electrons. The number of nitrogens with zero attached hydrogens (tertiary/aromatic N) is 4. The normalized spacial score (nSPS) is 10.8. The van der Waals surface area contributed by atoms with E-state index >= 15 is 0 Å². The van der Waals surface area contributed by atoms with Crippen LogP contribution in [0.15, 0.2) is 60.8 Å². The van der Waals surface area contributed by atoms with Gasteiger partial charge < -0.3 is 4.74 Å². The average molecular weight is 377 g/mol. The van der Waals surface area contributed by atoms with Crippen LogP contribution in [0, 0.1) is 12.9 Å². The number of benzene rings is 1. The fraction of sp³-hybridized carbons (Fsp3) is 0.100. The lowest BCUT2D eigenvalue weighted by atomic mass is 10.1. The summed E-state index contributed by atoms with van der Waals surface area (Å²) >= 11 is 0. The summed E-state index contributed by atoms with van der Waals surface area (Å²) < 4.78 is 20.2. The van der Waals surface area contributed by atoms with Crippen molar-refractivity contribution in [2.45, 2.75) is 6.92 Å². The molecule has 0 fully saturated rings. The van der Waals surface area contributed by atoms with Gasteiger partial charge in [0.25, 0.3) is 5.91 Å². The zero-order chi connectivity index (χ0) is 19.5. The van der Waals surface area contributed by atoms with E-state index in [2.05, 4.69) is 20.4 Å². The molecule has 1 amide bonds. The van der Waals surface area contributed by atoms with Gasteiger partial charge in [0.2, 0.25) is 11.9 Å². The number of halogens is 1. The zero-order valence-corrected chi connectivity index (χ0v) is 15.0. The third-order valence-corrected chi connectivity index (χ3v) is 4.06. The average Bonchev–Trinajstić information content (AvgIpc) is 3.08. The van der Waals surface area contributed by atoms with Gasteiger partial charge in [-0.1, -0.05) is 18.2 Å². The molecule has 0 bridgehead atoms. The second-order valence-electron chi connectivity index (χ2n) is 6.07. The molecule has 0 radical (unpaired) electrons. The number of hydrogen-bond acceptors (Lipinski definition) is 5. The van der Waals surface area contributed by atoms with Crippen LogP contribution >= 0.6 is 0 Å². The molecule has 3 heterocycles. The molecule has 4 aromatic rings. The summed E-state index contributed by atoms with van der Waals surface area (Å²) in [5, 5.41) is 6.88. The summed E-state index contributed by atoms with van der Waals surface area (Å²) in [6, 6.07) is 15.6. The highest BCUT2D eigenvalue weighted by molar-refractivity contribution is 5.90. The fourth-order valence-electron chi connectivity index (χ4n) is 2.76. The largest absolute Gasteiger partial charge is 0.484 e. The van der Waals surface area contributed by atoms with Gasteiger partial charge in [0, 0.05) is 23.0 Å². The smallest absolute Gasteiger partial charge is 0.264 e. The van der Waals surface area contributed by atoms with Gasteiger partial charge in [0.1, 0.15) is 5.75 Å². The van der Waals surface area contributed by atoms with Crippen LogP contribution in [-0.4, -0.2) is 32.1 Å². The molecule has 3 aromatic heterocycles. The van der Waals surface area contributed by atoms with Crippen molar-refractivity contribution >= 4 is 17.5 Å². The molecular weight excluding hydrogens is 361 g/mol. The van der Waals surface area contributed by atoms with E-state index in [9.17, 15) is 9.18 Å². The maximum absolute atomic E-state index is 13.2. The molecule has 0 saturated heterocycles. The Hall–Kier alpha value is -3.81. The summed E-state index contributed by atoms with van der Waals surface area (Å²) in [5.74, 6) is -0.106. The standard InChI is InChI=1S/C20H16FN5O2/c1-13-16(8-9-17(21)22-13)14-7-10-18-23-20(25-26(18)11-14)24-19(27)12-28-15-5-3-2-4-6-15/h2-11H,12H2,1H3,(H,24,25,27). The minimum Gasteiger partial charge on any atom is -0.484 e. The summed E-state index contributed by atoms with van der Waals surface area (Å²) in [7, 11) is 0. The maximum Gasteiger partial charge on any atom is 0.264 e. The van der Waals surface area contributed by atoms with Crippen molar-refractivity contribution in [1.29, 1.82) is 0 Å². The Labute approximate surface area is 159 Å². The lowest BCUT2D eigenvalue weighted by Crippen LogP contribution is -2.20. The molecule has 7 nitrogen and oxygen atoms in total. The molecule has 0 saturated carbocycles. The number of ether oxygens (including phenoxy) is 1. The second kappa shape index (κ2) is 7.43. The molecule has 0 spiro atoms. The predicted octanol–water partition coefficient (Wildman–Crippen LogP) is 3.26. The van der Waals surface area contributed by atoms with E-state index in [1.54, 1.807) is 41.9 Å². The number of amides is 1. The Morgan fingerprint density at radius 1 is 1.11 bits per heavy atom. The highest BCUT2D eigenvalue weighted by atomic mass is 19.1. The summed E-state index contributed by atoms with van der Waals surface area (Å²) in [6.45, 7) is 1.59. The van der Waals surface area contributed by atoms with E-state index in [1.165, 1.54) is 6.07 Å². The number of hydrogen-bond donors (Lipinski definition) is 1. The minimum absolute atomic E-state index is 0.148. The fourth-order valence-corrected chi connectivity index (χ4v) is 2.76. The highest BCUT2D eigenvalue weighted by Crippen LogP contribution is 2.23. The number of carbonyl (C=O) groups excluding carboxylic acids is 1. The minimum atomic E-state index is -0.522. The number of anilines is 1. The Kier molecular flexibility index (Phi) is 4.67. The van der Waals surface area contributed by atoms with Crippen LogP contribution in [0.25, 0.3) is 16.8 Å². The molecule has 28 heavy (non-hydrogen) atoms. The number of pyridine rings is 2. The molecule has 0 aliphatic carbocycles. The highest BCUT2D eigenvalue weighted by Gasteiger charge is 2.11. The maximum atomic E-state index is 13.2. The van der Waals surface area contributed by atoms with Gasteiger partial charge in [-0.2, -0.15) is 9.37 Å². The summed E-state index contributed by atoms with van der Waals surface area (Å²) in [4.78, 5) is 20.2. The van der Waals surface area contributed by atoms with Gasteiger partial charge in [-0.3, -0.25) is 10.1 Å². The Morgan fingerprint density at radius 3 is 2.71 bits per heavy atom. The first-order valence-corrected chi connectivity index (χ1v) is 8.56. The van der Waals surface area contributed by atoms with E-state index in [4.69, 9.17) is 4.74 Å². The third-order valence-electron chi connectivity index (χ3n) is 4.06. The molecule has 8 heteroatoms. The number of carbonyl (C=O) groups is 1. The number of aryl methyl sites for hydroxylation is 1. The molecule has 0 aliphatic rings. The van der Waals surface area contributed by atoms with Crippen molar-refractivity contribution in [2.24, 2.45) is 0 Å². The third kappa shape index (κ3) is 3.80. The van der Waals surface area contributed by atoms with Crippen LogP contribution in [-0.2, 0) is 4.79 Å².